The number of nitrogens with zero attached hydrogens (tertiary/aromatic N) is 3. The van der Waals surface area contributed by atoms with Crippen LogP contribution in [0.25, 0.3) is 10.4 Å². The molecule has 7 nitrogen and oxygen atoms in total. The van der Waals surface area contributed by atoms with Crippen LogP contribution >= 0.6 is 11.6 Å². The van der Waals surface area contributed by atoms with Gasteiger partial charge in [-0.25, -0.2) is 4.79 Å². The first-order valence-electron chi connectivity index (χ1n) is 4.87. The quantitative estimate of drug-likeness (QED) is 0.428. The smallest absolute Gasteiger partial charge is 0.337 e. The third-order valence-corrected chi connectivity index (χ3v) is 2.70. The first kappa shape index (κ1) is 14.3. The molecule has 1 aromatic carbocycles. The van der Waals surface area contributed by atoms with Crippen LogP contribution in [0.1, 0.15) is 22.0 Å². The van der Waals surface area contributed by atoms with E-state index in [4.69, 9.17) is 22.2 Å². The van der Waals surface area contributed by atoms with Gasteiger partial charge in [-0.2, -0.15) is 0 Å². The number of azide groups is 1. The summed E-state index contributed by atoms with van der Waals surface area (Å²) in [5.41, 5.74) is 7.99. The van der Waals surface area contributed by atoms with Gasteiger partial charge in [0.25, 0.3) is 0 Å². The van der Waals surface area contributed by atoms with Gasteiger partial charge in [0.1, 0.15) is 6.10 Å². The molecule has 96 valence electrons. The highest BCUT2D eigenvalue weighted by atomic mass is 35.5. The molecular weight excluding hydrogens is 262 g/mol. The van der Waals surface area contributed by atoms with Crippen LogP contribution in [0.15, 0.2) is 23.3 Å². The number of aromatic carboxylic acids is 1. The molecule has 2 unspecified atom stereocenters. The number of aliphatic hydroxyl groups is 2. The minimum absolute atomic E-state index is 0.0669. The molecule has 0 heterocycles. The number of halogens is 1. The summed E-state index contributed by atoms with van der Waals surface area (Å²) in [7, 11) is 0. The SMILES string of the molecule is [N-]=[N+]=NCC(O)C(O)c1cccc(C(=O)O)c1Cl. The van der Waals surface area contributed by atoms with Crippen LogP contribution in [0.5, 0.6) is 0 Å². The van der Waals surface area contributed by atoms with E-state index in [9.17, 15) is 15.0 Å². The van der Waals surface area contributed by atoms with Crippen LogP contribution in [0.2, 0.25) is 5.02 Å². The fraction of sp³-hybridized carbons (Fsp3) is 0.300. The van der Waals surface area contributed by atoms with Crippen molar-refractivity contribution in [3.8, 4) is 0 Å². The van der Waals surface area contributed by atoms with E-state index < -0.39 is 18.2 Å². The molecule has 0 spiro atoms. The van der Waals surface area contributed by atoms with E-state index in [1.807, 2.05) is 0 Å². The molecule has 2 atom stereocenters. The van der Waals surface area contributed by atoms with E-state index in [0.717, 1.165) is 0 Å². The molecule has 0 aliphatic carbocycles. The van der Waals surface area contributed by atoms with Crippen LogP contribution in [-0.2, 0) is 0 Å². The lowest BCUT2D eigenvalue weighted by Gasteiger charge is -2.18. The summed E-state index contributed by atoms with van der Waals surface area (Å²) in [5, 5.41) is 31.1. The summed E-state index contributed by atoms with van der Waals surface area (Å²) in [4.78, 5) is 13.3. The largest absolute Gasteiger partial charge is 0.478 e. The van der Waals surface area contributed by atoms with E-state index >= 15 is 0 Å². The fourth-order valence-corrected chi connectivity index (χ4v) is 1.69. The standard InChI is InChI=1S/C10H10ClN3O4/c11-8-5(2-1-3-6(8)10(17)18)9(16)7(15)4-13-14-12/h1-3,7,9,15-16H,4H2,(H,17,18). The zero-order chi connectivity index (χ0) is 13.7. The van der Waals surface area contributed by atoms with Gasteiger partial charge in [0.2, 0.25) is 0 Å². The molecule has 0 saturated carbocycles. The van der Waals surface area contributed by atoms with Gasteiger partial charge in [-0.15, -0.1) is 0 Å². The van der Waals surface area contributed by atoms with Crippen LogP contribution in [0.4, 0.5) is 0 Å². The highest BCUT2D eigenvalue weighted by Crippen LogP contribution is 2.28. The van der Waals surface area contributed by atoms with Crippen molar-refractivity contribution in [1.82, 2.24) is 0 Å². The van der Waals surface area contributed by atoms with Crippen LogP contribution in [-0.4, -0.2) is 33.9 Å². The predicted octanol–water partition coefficient (Wildman–Crippen LogP) is 1.74. The number of aliphatic hydroxyl groups excluding tert-OH is 2. The summed E-state index contributed by atoms with van der Waals surface area (Å²) >= 11 is 5.82. The van der Waals surface area contributed by atoms with Gasteiger partial charge in [-0.05, 0) is 11.6 Å². The first-order valence-corrected chi connectivity index (χ1v) is 5.25. The molecule has 18 heavy (non-hydrogen) atoms. The molecule has 1 rings (SSSR count). The topological polar surface area (TPSA) is 127 Å². The van der Waals surface area contributed by atoms with Crippen molar-refractivity contribution in [1.29, 1.82) is 0 Å². The normalized spacial score (nSPS) is 13.5. The predicted molar refractivity (Wildman–Crippen MR) is 63.4 cm³/mol. The van der Waals surface area contributed by atoms with E-state index in [1.54, 1.807) is 0 Å². The van der Waals surface area contributed by atoms with E-state index in [1.165, 1.54) is 18.2 Å². The molecule has 0 fully saturated rings. The molecule has 0 aromatic heterocycles. The van der Waals surface area contributed by atoms with Crippen molar-refractivity contribution >= 4 is 17.6 Å². The Kier molecular flexibility index (Phi) is 4.94. The Morgan fingerprint density at radius 2 is 2.17 bits per heavy atom. The maximum atomic E-state index is 10.8. The van der Waals surface area contributed by atoms with Gasteiger partial charge < -0.3 is 15.3 Å². The maximum Gasteiger partial charge on any atom is 0.337 e. The summed E-state index contributed by atoms with van der Waals surface area (Å²) in [6.07, 6.45) is -2.79. The second-order valence-corrected chi connectivity index (χ2v) is 3.82. The number of carboxylic acid groups (broad SMARTS) is 1. The van der Waals surface area contributed by atoms with Crippen LogP contribution < -0.4 is 0 Å². The molecule has 8 heteroatoms. The van der Waals surface area contributed by atoms with Crippen molar-refractivity contribution in [2.24, 2.45) is 5.11 Å². The van der Waals surface area contributed by atoms with Crippen LogP contribution in [0.3, 0.4) is 0 Å². The highest BCUT2D eigenvalue weighted by Gasteiger charge is 2.22. The number of carbonyl (C=O) groups is 1. The third kappa shape index (κ3) is 3.12. The lowest BCUT2D eigenvalue weighted by molar-refractivity contribution is 0.0244. The summed E-state index contributed by atoms with van der Waals surface area (Å²) in [6, 6.07) is 4.06. The molecule has 0 amide bonds. The zero-order valence-corrected chi connectivity index (χ0v) is 9.82. The van der Waals surface area contributed by atoms with E-state index in [0.29, 0.717) is 0 Å². The number of carboxylic acids is 1. The molecule has 0 radical (unpaired) electrons. The minimum Gasteiger partial charge on any atom is -0.478 e. The average Bonchev–Trinajstić information content (AvgIpc) is 2.35. The highest BCUT2D eigenvalue weighted by molar-refractivity contribution is 6.34. The van der Waals surface area contributed by atoms with Gasteiger partial charge >= 0.3 is 5.97 Å². The Bertz CT molecular complexity index is 502. The summed E-state index contributed by atoms with van der Waals surface area (Å²) in [6.45, 7) is -0.342. The van der Waals surface area contributed by atoms with Gasteiger partial charge in [0, 0.05) is 10.5 Å². The first-order chi connectivity index (χ1) is 8.49. The Morgan fingerprint density at radius 1 is 1.50 bits per heavy atom. The summed E-state index contributed by atoms with van der Waals surface area (Å²) in [5.74, 6) is -1.24. The van der Waals surface area contributed by atoms with Gasteiger partial charge in [0.15, 0.2) is 0 Å². The Labute approximate surface area is 107 Å². The molecule has 1 aromatic rings. The Morgan fingerprint density at radius 3 is 2.72 bits per heavy atom. The van der Waals surface area contributed by atoms with Crippen molar-refractivity contribution in [2.45, 2.75) is 12.2 Å². The van der Waals surface area contributed by atoms with Gasteiger partial charge in [-0.3, -0.25) is 0 Å². The second kappa shape index (κ2) is 6.23. The molecule has 0 bridgehead atoms. The van der Waals surface area contributed by atoms with Crippen molar-refractivity contribution < 1.29 is 20.1 Å². The van der Waals surface area contributed by atoms with Crippen molar-refractivity contribution in [3.63, 3.8) is 0 Å². The Balaban J connectivity index is 3.05. The lowest BCUT2D eigenvalue weighted by Crippen LogP contribution is -2.21. The van der Waals surface area contributed by atoms with E-state index in [-0.39, 0.29) is 22.7 Å². The summed E-state index contributed by atoms with van der Waals surface area (Å²) < 4.78 is 0. The van der Waals surface area contributed by atoms with Crippen molar-refractivity contribution in [2.75, 3.05) is 6.54 Å². The Hall–Kier alpha value is -1.79. The van der Waals surface area contributed by atoms with E-state index in [2.05, 4.69) is 10.0 Å². The maximum absolute atomic E-state index is 10.8. The lowest BCUT2D eigenvalue weighted by atomic mass is 10.0. The molecule has 0 aliphatic heterocycles. The van der Waals surface area contributed by atoms with Gasteiger partial charge in [0.05, 0.1) is 23.2 Å². The number of benzene rings is 1. The second-order valence-electron chi connectivity index (χ2n) is 3.44. The number of rotatable bonds is 5. The zero-order valence-electron chi connectivity index (χ0n) is 9.06. The molecular formula is C10H10ClN3O4. The molecule has 0 saturated heterocycles. The molecule has 0 aliphatic rings. The monoisotopic (exact) mass is 271 g/mol. The third-order valence-electron chi connectivity index (χ3n) is 2.27. The van der Waals surface area contributed by atoms with Gasteiger partial charge in [-0.1, -0.05) is 28.8 Å². The van der Waals surface area contributed by atoms with Crippen LogP contribution in [0, 0.1) is 0 Å². The minimum atomic E-state index is -1.43. The number of hydrogen-bond donors (Lipinski definition) is 3. The average molecular weight is 272 g/mol. The number of hydrogen-bond acceptors (Lipinski definition) is 4. The van der Waals surface area contributed by atoms with Crippen molar-refractivity contribution in [3.05, 3.63) is 44.8 Å². The fourth-order valence-electron chi connectivity index (χ4n) is 1.37. The molecule has 3 N–H and O–H groups in total.